The number of ether oxygens (including phenoxy) is 1. The van der Waals surface area contributed by atoms with Gasteiger partial charge in [0.05, 0.1) is 23.1 Å². The summed E-state index contributed by atoms with van der Waals surface area (Å²) in [4.78, 5) is 15.9. The summed E-state index contributed by atoms with van der Waals surface area (Å²) in [6.07, 6.45) is 3.20. The number of carbonyl (C=O) groups is 1. The molecule has 1 aromatic carbocycles. The summed E-state index contributed by atoms with van der Waals surface area (Å²) in [5, 5.41) is 11.7. The number of aromatic nitrogens is 3. The lowest BCUT2D eigenvalue weighted by Gasteiger charge is -2.40. The highest BCUT2D eigenvalue weighted by atomic mass is 19.4. The second-order valence-corrected chi connectivity index (χ2v) is 10.6. The van der Waals surface area contributed by atoms with Crippen molar-refractivity contribution in [1.82, 2.24) is 25.0 Å². The van der Waals surface area contributed by atoms with Gasteiger partial charge in [0.25, 0.3) is 0 Å². The first-order chi connectivity index (χ1) is 16.8. The minimum Gasteiger partial charge on any atom is -0.381 e. The Morgan fingerprint density at radius 1 is 1.11 bits per heavy atom. The van der Waals surface area contributed by atoms with Crippen molar-refractivity contribution in [2.24, 2.45) is 11.3 Å². The highest BCUT2D eigenvalue weighted by molar-refractivity contribution is 5.87. The quantitative estimate of drug-likeness (QED) is 0.714. The van der Waals surface area contributed by atoms with Gasteiger partial charge in [-0.1, -0.05) is 13.0 Å². The van der Waals surface area contributed by atoms with Gasteiger partial charge in [0.2, 0.25) is 5.91 Å². The molecule has 5 atom stereocenters. The van der Waals surface area contributed by atoms with E-state index in [9.17, 15) is 18.0 Å². The van der Waals surface area contributed by atoms with E-state index in [1.165, 1.54) is 6.07 Å². The van der Waals surface area contributed by atoms with Crippen molar-refractivity contribution in [3.63, 3.8) is 0 Å². The molecule has 3 unspecified atom stereocenters. The Labute approximate surface area is 202 Å². The SMILES string of the molecule is CC1C2C(n3cnnc3)c3ccc(C(F)(F)F)cc3CN2C(=O)[C@]12CC[C@@H](NC1CCOCC1)C2. The number of hydrogen-bond donors (Lipinski definition) is 1. The number of benzene rings is 1. The topological polar surface area (TPSA) is 72.3 Å². The van der Waals surface area contributed by atoms with Gasteiger partial charge in [-0.2, -0.15) is 13.2 Å². The summed E-state index contributed by atoms with van der Waals surface area (Å²) in [7, 11) is 0. The average molecular weight is 490 g/mol. The molecule has 1 amide bonds. The number of hydrogen-bond acceptors (Lipinski definition) is 5. The highest BCUT2D eigenvalue weighted by Gasteiger charge is 2.62. The first kappa shape index (κ1) is 23.0. The van der Waals surface area contributed by atoms with Crippen molar-refractivity contribution in [2.45, 2.75) is 75.9 Å². The largest absolute Gasteiger partial charge is 0.416 e. The molecule has 1 aliphatic carbocycles. The Hall–Kier alpha value is -2.46. The maximum atomic E-state index is 14.0. The molecule has 1 spiro atoms. The Morgan fingerprint density at radius 2 is 1.86 bits per heavy atom. The predicted octanol–water partition coefficient (Wildman–Crippen LogP) is 3.55. The van der Waals surface area contributed by atoms with E-state index in [-0.39, 0.29) is 36.5 Å². The van der Waals surface area contributed by atoms with Gasteiger partial charge < -0.3 is 19.5 Å². The number of alkyl halides is 3. The van der Waals surface area contributed by atoms with Crippen molar-refractivity contribution in [3.8, 4) is 0 Å². The van der Waals surface area contributed by atoms with Crippen LogP contribution in [0.1, 0.15) is 61.8 Å². The van der Waals surface area contributed by atoms with Gasteiger partial charge in [-0.05, 0) is 61.3 Å². The first-order valence-corrected chi connectivity index (χ1v) is 12.5. The molecule has 2 saturated heterocycles. The van der Waals surface area contributed by atoms with E-state index in [2.05, 4.69) is 22.4 Å². The fourth-order valence-electron chi connectivity index (χ4n) is 7.12. The van der Waals surface area contributed by atoms with Crippen LogP contribution < -0.4 is 5.32 Å². The van der Waals surface area contributed by atoms with Gasteiger partial charge in [0, 0.05) is 31.8 Å². The van der Waals surface area contributed by atoms with E-state index in [1.54, 1.807) is 18.7 Å². The lowest BCUT2D eigenvalue weighted by atomic mass is 9.72. The first-order valence-electron chi connectivity index (χ1n) is 12.5. The fraction of sp³-hybridized carbons (Fsp3) is 0.640. The molecule has 0 bridgehead atoms. The predicted molar refractivity (Wildman–Crippen MR) is 120 cm³/mol. The molecule has 10 heteroatoms. The zero-order chi connectivity index (χ0) is 24.4. The van der Waals surface area contributed by atoms with Crippen LogP contribution in [-0.4, -0.2) is 56.9 Å². The standard InChI is InChI=1S/C25H30F3N5O2/c1-15-21-22(32-13-29-30-14-32)20-3-2-17(25(26,27)28)10-16(20)12-33(21)23(34)24(15)7-4-19(11-24)31-18-5-8-35-9-6-18/h2-3,10,13-15,18-19,21-22,31H,4-9,11-12H2,1H3/t15?,19-,21?,22?,24+/m1/s1. The van der Waals surface area contributed by atoms with E-state index in [0.29, 0.717) is 11.6 Å². The molecule has 4 aliphatic rings. The zero-order valence-corrected chi connectivity index (χ0v) is 19.7. The van der Waals surface area contributed by atoms with E-state index in [4.69, 9.17) is 4.74 Å². The molecule has 1 aromatic heterocycles. The second kappa shape index (κ2) is 8.30. The third-order valence-corrected chi connectivity index (χ3v) is 8.88. The third kappa shape index (κ3) is 3.67. The number of nitrogens with zero attached hydrogens (tertiary/aromatic N) is 4. The van der Waals surface area contributed by atoms with Crippen molar-refractivity contribution in [1.29, 1.82) is 0 Å². The summed E-state index contributed by atoms with van der Waals surface area (Å²) in [6, 6.07) is 4.11. The van der Waals surface area contributed by atoms with Gasteiger partial charge in [-0.25, -0.2) is 0 Å². The van der Waals surface area contributed by atoms with Gasteiger partial charge in [-0.3, -0.25) is 4.79 Å². The summed E-state index contributed by atoms with van der Waals surface area (Å²) in [5.74, 6) is 0.117. The van der Waals surface area contributed by atoms with Crippen LogP contribution in [0.5, 0.6) is 0 Å². The molecular formula is C25H30F3N5O2. The van der Waals surface area contributed by atoms with Crippen molar-refractivity contribution < 1.29 is 22.7 Å². The molecule has 188 valence electrons. The molecule has 7 nitrogen and oxygen atoms in total. The number of carbonyl (C=O) groups excluding carboxylic acids is 1. The summed E-state index contributed by atoms with van der Waals surface area (Å²) in [5.41, 5.74) is 0.162. The smallest absolute Gasteiger partial charge is 0.381 e. The lowest BCUT2D eigenvalue weighted by molar-refractivity contribution is -0.138. The minimum absolute atomic E-state index is 0.0410. The molecule has 0 radical (unpaired) electrons. The van der Waals surface area contributed by atoms with Gasteiger partial charge in [0.15, 0.2) is 0 Å². The van der Waals surface area contributed by atoms with Crippen LogP contribution in [0.25, 0.3) is 0 Å². The summed E-state index contributed by atoms with van der Waals surface area (Å²) >= 11 is 0. The van der Waals surface area contributed by atoms with Crippen molar-refractivity contribution in [3.05, 3.63) is 47.5 Å². The Kier molecular flexibility index (Phi) is 5.45. The summed E-state index contributed by atoms with van der Waals surface area (Å²) in [6.45, 7) is 3.87. The molecule has 1 saturated carbocycles. The lowest BCUT2D eigenvalue weighted by Crippen LogP contribution is -2.45. The van der Waals surface area contributed by atoms with Crippen LogP contribution in [0.15, 0.2) is 30.9 Å². The minimum atomic E-state index is -4.43. The van der Waals surface area contributed by atoms with E-state index >= 15 is 0 Å². The average Bonchev–Trinajstić information content (AvgIpc) is 3.56. The van der Waals surface area contributed by atoms with Gasteiger partial charge in [0.1, 0.15) is 12.7 Å². The van der Waals surface area contributed by atoms with Crippen LogP contribution >= 0.6 is 0 Å². The highest BCUT2D eigenvalue weighted by Crippen LogP contribution is 2.57. The van der Waals surface area contributed by atoms with Gasteiger partial charge in [-0.15, -0.1) is 10.2 Å². The fourth-order valence-corrected chi connectivity index (χ4v) is 7.12. The molecule has 35 heavy (non-hydrogen) atoms. The van der Waals surface area contributed by atoms with Gasteiger partial charge >= 0.3 is 6.18 Å². The second-order valence-electron chi connectivity index (χ2n) is 10.6. The van der Waals surface area contributed by atoms with E-state index in [1.807, 2.05) is 9.47 Å². The number of nitrogens with one attached hydrogen (secondary N) is 1. The maximum Gasteiger partial charge on any atom is 0.416 e. The Morgan fingerprint density at radius 3 is 2.57 bits per heavy atom. The van der Waals surface area contributed by atoms with Crippen LogP contribution in [0.4, 0.5) is 13.2 Å². The van der Waals surface area contributed by atoms with Crippen LogP contribution in [-0.2, 0) is 22.3 Å². The van der Waals surface area contributed by atoms with Crippen LogP contribution in [0, 0.1) is 11.3 Å². The molecular weight excluding hydrogens is 459 g/mol. The number of fused-ring (bicyclic) bond motifs is 2. The number of halogens is 3. The van der Waals surface area contributed by atoms with E-state index in [0.717, 1.165) is 56.9 Å². The molecule has 6 rings (SSSR count). The monoisotopic (exact) mass is 489 g/mol. The van der Waals surface area contributed by atoms with Crippen LogP contribution in [0.3, 0.4) is 0 Å². The van der Waals surface area contributed by atoms with Crippen LogP contribution in [0.2, 0.25) is 0 Å². The summed E-state index contributed by atoms with van der Waals surface area (Å²) < 4.78 is 47.8. The zero-order valence-electron chi connectivity index (χ0n) is 19.7. The molecule has 4 heterocycles. The van der Waals surface area contributed by atoms with E-state index < -0.39 is 17.2 Å². The Bertz CT molecular complexity index is 1100. The Balaban J connectivity index is 1.34. The maximum absolute atomic E-state index is 14.0. The molecule has 3 aliphatic heterocycles. The number of rotatable bonds is 3. The number of amides is 1. The molecule has 2 aromatic rings. The molecule has 1 N–H and O–H groups in total. The van der Waals surface area contributed by atoms with Crippen molar-refractivity contribution in [2.75, 3.05) is 13.2 Å². The third-order valence-electron chi connectivity index (χ3n) is 8.88. The van der Waals surface area contributed by atoms with Crippen molar-refractivity contribution >= 4 is 5.91 Å². The normalized spacial score (nSPS) is 33.4. The molecule has 3 fully saturated rings.